The number of carbonyl (C=O) groups excluding carboxylic acids is 2. The molecule has 0 bridgehead atoms. The van der Waals surface area contributed by atoms with Crippen LogP contribution < -0.4 is 10.9 Å². The standard InChI is InChI=1S/C12H13N3O3S/c1-7-9(8(2)18-15-7)6-11(16)13-14-12(17)10-4-3-5-19-10/h3-5H,6H2,1-2H3,(H,13,16)(H,14,17). The highest BCUT2D eigenvalue weighted by Crippen LogP contribution is 2.12. The number of thiophene rings is 1. The summed E-state index contributed by atoms with van der Waals surface area (Å²) in [5.41, 5.74) is 6.14. The predicted octanol–water partition coefficient (Wildman–Crippen LogP) is 1.36. The number of nitrogens with zero attached hydrogens (tertiary/aromatic N) is 1. The lowest BCUT2D eigenvalue weighted by Gasteiger charge is -2.05. The lowest BCUT2D eigenvalue weighted by atomic mass is 10.1. The van der Waals surface area contributed by atoms with Crippen LogP contribution >= 0.6 is 11.3 Å². The molecule has 0 fully saturated rings. The fourth-order valence-corrected chi connectivity index (χ4v) is 2.17. The topological polar surface area (TPSA) is 84.2 Å². The minimum absolute atomic E-state index is 0.117. The summed E-state index contributed by atoms with van der Waals surface area (Å²) >= 11 is 1.30. The van der Waals surface area contributed by atoms with Crippen molar-refractivity contribution < 1.29 is 14.1 Å². The predicted molar refractivity (Wildman–Crippen MR) is 69.6 cm³/mol. The van der Waals surface area contributed by atoms with Crippen molar-refractivity contribution in [2.75, 3.05) is 0 Å². The van der Waals surface area contributed by atoms with Crippen LogP contribution in [-0.2, 0) is 11.2 Å². The molecule has 2 rings (SSSR count). The van der Waals surface area contributed by atoms with Gasteiger partial charge in [0.25, 0.3) is 5.91 Å². The first-order valence-electron chi connectivity index (χ1n) is 5.62. The molecule has 0 atom stereocenters. The Hall–Kier alpha value is -2.15. The Bertz CT molecular complexity index is 570. The molecular formula is C12H13N3O3S. The first-order valence-corrected chi connectivity index (χ1v) is 6.50. The molecule has 0 saturated carbocycles. The zero-order valence-electron chi connectivity index (χ0n) is 10.5. The van der Waals surface area contributed by atoms with Crippen LogP contribution in [0.15, 0.2) is 22.0 Å². The molecule has 0 spiro atoms. The summed E-state index contributed by atoms with van der Waals surface area (Å²) in [6, 6.07) is 3.45. The first kappa shape index (κ1) is 13.3. The van der Waals surface area contributed by atoms with E-state index in [2.05, 4.69) is 16.0 Å². The van der Waals surface area contributed by atoms with Crippen LogP contribution in [0.25, 0.3) is 0 Å². The van der Waals surface area contributed by atoms with Crippen LogP contribution in [-0.4, -0.2) is 17.0 Å². The Morgan fingerprint density at radius 1 is 1.37 bits per heavy atom. The van der Waals surface area contributed by atoms with Crippen molar-refractivity contribution in [2.45, 2.75) is 20.3 Å². The van der Waals surface area contributed by atoms with E-state index in [9.17, 15) is 9.59 Å². The number of carbonyl (C=O) groups is 2. The third kappa shape index (κ3) is 3.19. The van der Waals surface area contributed by atoms with Gasteiger partial charge in [0.05, 0.1) is 17.0 Å². The van der Waals surface area contributed by atoms with Crippen LogP contribution in [0.1, 0.15) is 26.7 Å². The highest BCUT2D eigenvalue weighted by Gasteiger charge is 2.14. The fraction of sp³-hybridized carbons (Fsp3) is 0.250. The second kappa shape index (κ2) is 5.66. The molecule has 2 N–H and O–H groups in total. The number of nitrogens with one attached hydrogen (secondary N) is 2. The minimum Gasteiger partial charge on any atom is -0.361 e. The van der Waals surface area contributed by atoms with Crippen LogP contribution in [0.4, 0.5) is 0 Å². The van der Waals surface area contributed by atoms with E-state index in [1.165, 1.54) is 11.3 Å². The van der Waals surface area contributed by atoms with Crippen LogP contribution in [0.5, 0.6) is 0 Å². The minimum atomic E-state index is -0.331. The summed E-state index contributed by atoms with van der Waals surface area (Å²) in [7, 11) is 0. The van der Waals surface area contributed by atoms with Gasteiger partial charge in [0, 0.05) is 5.56 Å². The van der Waals surface area contributed by atoms with Crippen molar-refractivity contribution in [1.29, 1.82) is 0 Å². The number of hydrazine groups is 1. The highest BCUT2D eigenvalue weighted by molar-refractivity contribution is 7.12. The van der Waals surface area contributed by atoms with Crippen molar-refractivity contribution in [3.8, 4) is 0 Å². The molecule has 0 unspecified atom stereocenters. The Labute approximate surface area is 113 Å². The second-order valence-electron chi connectivity index (χ2n) is 3.96. The molecule has 2 aromatic rings. The largest absolute Gasteiger partial charge is 0.361 e. The number of hydrogen-bond acceptors (Lipinski definition) is 5. The van der Waals surface area contributed by atoms with E-state index < -0.39 is 0 Å². The molecule has 100 valence electrons. The van der Waals surface area contributed by atoms with Crippen LogP contribution in [0.3, 0.4) is 0 Å². The highest BCUT2D eigenvalue weighted by atomic mass is 32.1. The molecule has 0 aliphatic rings. The van der Waals surface area contributed by atoms with Gasteiger partial charge >= 0.3 is 0 Å². The van der Waals surface area contributed by atoms with E-state index in [-0.39, 0.29) is 18.2 Å². The van der Waals surface area contributed by atoms with Gasteiger partial charge in [0.2, 0.25) is 5.91 Å². The van der Waals surface area contributed by atoms with Gasteiger partial charge in [-0.1, -0.05) is 11.2 Å². The van der Waals surface area contributed by atoms with Crippen LogP contribution in [0, 0.1) is 13.8 Å². The number of amides is 2. The number of aryl methyl sites for hydroxylation is 2. The molecule has 2 aromatic heterocycles. The maximum Gasteiger partial charge on any atom is 0.279 e. The average molecular weight is 279 g/mol. The molecule has 6 nitrogen and oxygen atoms in total. The first-order chi connectivity index (χ1) is 9.08. The lowest BCUT2D eigenvalue weighted by molar-refractivity contribution is -0.121. The molecule has 0 saturated heterocycles. The van der Waals surface area contributed by atoms with Crippen molar-refractivity contribution >= 4 is 23.2 Å². The number of hydrogen-bond donors (Lipinski definition) is 2. The molecule has 0 aliphatic carbocycles. The lowest BCUT2D eigenvalue weighted by Crippen LogP contribution is -2.42. The smallest absolute Gasteiger partial charge is 0.279 e. The zero-order valence-corrected chi connectivity index (χ0v) is 11.3. The monoisotopic (exact) mass is 279 g/mol. The van der Waals surface area contributed by atoms with E-state index in [4.69, 9.17) is 4.52 Å². The number of aromatic nitrogens is 1. The molecule has 0 aromatic carbocycles. The summed E-state index contributed by atoms with van der Waals surface area (Å²) in [6.07, 6.45) is 0.117. The van der Waals surface area contributed by atoms with Gasteiger partial charge in [-0.25, -0.2) is 0 Å². The molecule has 7 heteroatoms. The van der Waals surface area contributed by atoms with Crippen molar-refractivity contribution in [2.24, 2.45) is 0 Å². The van der Waals surface area contributed by atoms with E-state index in [0.717, 1.165) is 5.56 Å². The molecule has 0 radical (unpaired) electrons. The summed E-state index contributed by atoms with van der Waals surface area (Å²) in [5.74, 6) is -0.0429. The molecule has 19 heavy (non-hydrogen) atoms. The quantitative estimate of drug-likeness (QED) is 0.831. The summed E-state index contributed by atoms with van der Waals surface area (Å²) in [4.78, 5) is 23.8. The van der Waals surface area contributed by atoms with Crippen molar-refractivity contribution in [3.63, 3.8) is 0 Å². The summed E-state index contributed by atoms with van der Waals surface area (Å²) in [5, 5.41) is 5.56. The van der Waals surface area contributed by atoms with Crippen LogP contribution in [0.2, 0.25) is 0 Å². The third-order valence-electron chi connectivity index (χ3n) is 2.58. The Morgan fingerprint density at radius 3 is 2.74 bits per heavy atom. The molecule has 2 heterocycles. The maximum atomic E-state index is 11.7. The Morgan fingerprint density at radius 2 is 2.16 bits per heavy atom. The van der Waals surface area contributed by atoms with E-state index in [1.54, 1.807) is 31.4 Å². The van der Waals surface area contributed by atoms with Gasteiger partial charge < -0.3 is 4.52 Å². The number of rotatable bonds is 3. The normalized spacial score (nSPS) is 10.2. The van der Waals surface area contributed by atoms with Gasteiger partial charge in [-0.15, -0.1) is 11.3 Å². The van der Waals surface area contributed by atoms with Gasteiger partial charge in [0.15, 0.2) is 0 Å². The Balaban J connectivity index is 1.87. The zero-order chi connectivity index (χ0) is 13.8. The molecule has 2 amide bonds. The van der Waals surface area contributed by atoms with Gasteiger partial charge in [0.1, 0.15) is 5.76 Å². The van der Waals surface area contributed by atoms with Crippen molar-refractivity contribution in [3.05, 3.63) is 39.4 Å². The summed E-state index contributed by atoms with van der Waals surface area (Å²) < 4.78 is 4.96. The Kier molecular flexibility index (Phi) is 3.96. The van der Waals surface area contributed by atoms with Gasteiger partial charge in [-0.3, -0.25) is 20.4 Å². The maximum absolute atomic E-state index is 11.7. The SMILES string of the molecule is Cc1noc(C)c1CC(=O)NNC(=O)c1cccs1. The average Bonchev–Trinajstić information content (AvgIpc) is 3.01. The molecular weight excluding hydrogens is 266 g/mol. The van der Waals surface area contributed by atoms with Crippen molar-refractivity contribution in [1.82, 2.24) is 16.0 Å². The van der Waals surface area contributed by atoms with E-state index >= 15 is 0 Å². The third-order valence-corrected chi connectivity index (χ3v) is 3.45. The van der Waals surface area contributed by atoms with Gasteiger partial charge in [-0.2, -0.15) is 0 Å². The van der Waals surface area contributed by atoms with E-state index in [0.29, 0.717) is 16.3 Å². The summed E-state index contributed by atoms with van der Waals surface area (Å²) in [6.45, 7) is 3.51. The molecule has 0 aliphatic heterocycles. The fourth-order valence-electron chi connectivity index (χ4n) is 1.55. The van der Waals surface area contributed by atoms with Gasteiger partial charge in [-0.05, 0) is 25.3 Å². The van der Waals surface area contributed by atoms with E-state index in [1.807, 2.05) is 0 Å². The second-order valence-corrected chi connectivity index (χ2v) is 4.91.